The molecule has 0 saturated heterocycles. The zero-order valence-corrected chi connectivity index (χ0v) is 10.5. The number of hydrogen-bond acceptors (Lipinski definition) is 4. The molecular weight excluding hydrogens is 218 g/mol. The van der Waals surface area contributed by atoms with E-state index in [9.17, 15) is 4.79 Å². The van der Waals surface area contributed by atoms with Crippen LogP contribution in [0.5, 0.6) is 0 Å². The molecule has 0 aliphatic rings. The first-order chi connectivity index (χ1) is 8.04. The van der Waals surface area contributed by atoms with Gasteiger partial charge in [0.25, 0.3) is 0 Å². The number of esters is 1. The average Bonchev–Trinajstić information content (AvgIpc) is 2.30. The highest BCUT2D eigenvalue weighted by Gasteiger charge is 2.12. The van der Waals surface area contributed by atoms with Crippen molar-refractivity contribution in [3.63, 3.8) is 0 Å². The van der Waals surface area contributed by atoms with Gasteiger partial charge in [-0.2, -0.15) is 0 Å². The zero-order chi connectivity index (χ0) is 12.8. The lowest BCUT2D eigenvalue weighted by Crippen LogP contribution is -2.17. The molecule has 1 rings (SSSR count). The van der Waals surface area contributed by atoms with Crippen LogP contribution in [-0.2, 0) is 9.47 Å². The molecule has 0 bridgehead atoms. The second kappa shape index (κ2) is 6.25. The summed E-state index contributed by atoms with van der Waals surface area (Å²) in [7, 11) is 1.62. The van der Waals surface area contributed by atoms with Crippen molar-refractivity contribution < 1.29 is 14.3 Å². The minimum atomic E-state index is -0.322. The van der Waals surface area contributed by atoms with Crippen LogP contribution in [0, 0.1) is 6.92 Å². The van der Waals surface area contributed by atoms with Crippen LogP contribution in [0.25, 0.3) is 0 Å². The smallest absolute Gasteiger partial charge is 0.338 e. The van der Waals surface area contributed by atoms with Gasteiger partial charge in [0.05, 0.1) is 5.56 Å². The van der Waals surface area contributed by atoms with Gasteiger partial charge in [0.15, 0.2) is 0 Å². The highest BCUT2D eigenvalue weighted by molar-refractivity contribution is 5.90. The number of ether oxygens (including phenoxy) is 2. The highest BCUT2D eigenvalue weighted by atomic mass is 16.5. The molecule has 1 aromatic carbocycles. The first kappa shape index (κ1) is 13.5. The Morgan fingerprint density at radius 1 is 1.47 bits per heavy atom. The van der Waals surface area contributed by atoms with Crippen LogP contribution >= 0.6 is 0 Å². The van der Waals surface area contributed by atoms with Crippen molar-refractivity contribution in [2.75, 3.05) is 19.5 Å². The number of methoxy groups -OCH3 is 1. The lowest BCUT2D eigenvalue weighted by molar-refractivity contribution is 0.0266. The third-order valence-corrected chi connectivity index (χ3v) is 2.54. The number of aryl methyl sites for hydroxylation is 1. The molecule has 0 radical (unpaired) electrons. The predicted octanol–water partition coefficient (Wildman–Crippen LogP) is 2.16. The number of nitrogens with two attached hydrogens (primary N) is 1. The summed E-state index contributed by atoms with van der Waals surface area (Å²) in [4.78, 5) is 11.8. The third-order valence-electron chi connectivity index (χ3n) is 2.54. The summed E-state index contributed by atoms with van der Waals surface area (Å²) in [5.74, 6) is -0.322. The molecule has 4 nitrogen and oxygen atoms in total. The van der Waals surface area contributed by atoms with Crippen molar-refractivity contribution in [2.24, 2.45) is 0 Å². The van der Waals surface area contributed by atoms with E-state index in [1.807, 2.05) is 13.8 Å². The van der Waals surface area contributed by atoms with E-state index in [2.05, 4.69) is 0 Å². The van der Waals surface area contributed by atoms with Gasteiger partial charge < -0.3 is 15.2 Å². The van der Waals surface area contributed by atoms with Crippen LogP contribution in [-0.4, -0.2) is 25.8 Å². The minimum Gasteiger partial charge on any atom is -0.459 e. The molecule has 0 fully saturated rings. The van der Waals surface area contributed by atoms with Crippen molar-refractivity contribution in [3.8, 4) is 0 Å². The Bertz CT molecular complexity index is 390. The van der Waals surface area contributed by atoms with E-state index in [1.54, 1.807) is 25.3 Å². The first-order valence-electron chi connectivity index (χ1n) is 5.60. The van der Waals surface area contributed by atoms with Crippen LogP contribution in [0.1, 0.15) is 29.3 Å². The topological polar surface area (TPSA) is 61.5 Å². The number of carbonyl (C=O) groups excluding carboxylic acids is 1. The molecule has 0 heterocycles. The Morgan fingerprint density at radius 2 is 2.18 bits per heavy atom. The monoisotopic (exact) mass is 237 g/mol. The summed E-state index contributed by atoms with van der Waals surface area (Å²) >= 11 is 0. The SMILES string of the molecule is COCCC(C)OC(=O)c1ccc(N)c(C)c1. The fourth-order valence-corrected chi connectivity index (χ4v) is 1.40. The number of rotatable bonds is 5. The maximum absolute atomic E-state index is 11.8. The number of benzene rings is 1. The van der Waals surface area contributed by atoms with E-state index in [1.165, 1.54) is 0 Å². The molecule has 0 amide bonds. The maximum atomic E-state index is 11.8. The van der Waals surface area contributed by atoms with Gasteiger partial charge in [0.1, 0.15) is 6.10 Å². The first-order valence-corrected chi connectivity index (χ1v) is 5.60. The van der Waals surface area contributed by atoms with Crippen LogP contribution in [0.15, 0.2) is 18.2 Å². The van der Waals surface area contributed by atoms with Crippen LogP contribution in [0.3, 0.4) is 0 Å². The summed E-state index contributed by atoms with van der Waals surface area (Å²) in [5, 5.41) is 0. The standard InChI is InChI=1S/C13H19NO3/c1-9-8-11(4-5-12(9)14)13(15)17-10(2)6-7-16-3/h4-5,8,10H,6-7,14H2,1-3H3. The van der Waals surface area contributed by atoms with E-state index < -0.39 is 0 Å². The van der Waals surface area contributed by atoms with Gasteiger partial charge >= 0.3 is 5.97 Å². The van der Waals surface area contributed by atoms with Gasteiger partial charge in [0, 0.05) is 25.8 Å². The van der Waals surface area contributed by atoms with Crippen molar-refractivity contribution >= 4 is 11.7 Å². The fourth-order valence-electron chi connectivity index (χ4n) is 1.40. The predicted molar refractivity (Wildman–Crippen MR) is 67.0 cm³/mol. The zero-order valence-electron chi connectivity index (χ0n) is 10.5. The van der Waals surface area contributed by atoms with Crippen LogP contribution in [0.4, 0.5) is 5.69 Å². The lowest BCUT2D eigenvalue weighted by atomic mass is 10.1. The van der Waals surface area contributed by atoms with Gasteiger partial charge in [-0.25, -0.2) is 4.79 Å². The Labute approximate surface area is 102 Å². The molecule has 0 saturated carbocycles. The Balaban J connectivity index is 2.60. The van der Waals surface area contributed by atoms with Crippen LogP contribution < -0.4 is 5.73 Å². The Kier molecular flexibility index (Phi) is 4.97. The van der Waals surface area contributed by atoms with Gasteiger partial charge in [0.2, 0.25) is 0 Å². The molecule has 0 aromatic heterocycles. The second-order valence-electron chi connectivity index (χ2n) is 4.07. The molecule has 2 N–H and O–H groups in total. The van der Waals surface area contributed by atoms with Gasteiger partial charge in [-0.1, -0.05) is 0 Å². The largest absolute Gasteiger partial charge is 0.459 e. The van der Waals surface area contributed by atoms with Gasteiger partial charge in [-0.15, -0.1) is 0 Å². The lowest BCUT2D eigenvalue weighted by Gasteiger charge is -2.13. The summed E-state index contributed by atoms with van der Waals surface area (Å²) in [6, 6.07) is 5.13. The molecule has 17 heavy (non-hydrogen) atoms. The quantitative estimate of drug-likeness (QED) is 0.629. The molecule has 0 aliphatic carbocycles. The van der Waals surface area contributed by atoms with Gasteiger partial charge in [-0.3, -0.25) is 0 Å². The molecule has 94 valence electrons. The van der Waals surface area contributed by atoms with E-state index in [0.29, 0.717) is 24.3 Å². The Hall–Kier alpha value is -1.55. The van der Waals surface area contributed by atoms with E-state index in [0.717, 1.165) is 5.56 Å². The average molecular weight is 237 g/mol. The highest BCUT2D eigenvalue weighted by Crippen LogP contribution is 2.14. The number of anilines is 1. The summed E-state index contributed by atoms with van der Waals surface area (Å²) in [6.45, 7) is 4.29. The summed E-state index contributed by atoms with van der Waals surface area (Å²) in [6.07, 6.45) is 0.538. The summed E-state index contributed by atoms with van der Waals surface area (Å²) < 4.78 is 10.2. The van der Waals surface area contributed by atoms with Crippen molar-refractivity contribution in [1.29, 1.82) is 0 Å². The third kappa shape index (κ3) is 4.07. The van der Waals surface area contributed by atoms with E-state index in [4.69, 9.17) is 15.2 Å². The van der Waals surface area contributed by atoms with E-state index in [-0.39, 0.29) is 12.1 Å². The molecule has 1 aromatic rings. The Morgan fingerprint density at radius 3 is 2.76 bits per heavy atom. The number of carbonyl (C=O) groups is 1. The minimum absolute atomic E-state index is 0.152. The van der Waals surface area contributed by atoms with Gasteiger partial charge in [-0.05, 0) is 37.6 Å². The second-order valence-corrected chi connectivity index (χ2v) is 4.07. The molecule has 0 aliphatic heterocycles. The fraction of sp³-hybridized carbons (Fsp3) is 0.462. The molecule has 0 spiro atoms. The van der Waals surface area contributed by atoms with Crippen molar-refractivity contribution in [1.82, 2.24) is 0 Å². The summed E-state index contributed by atoms with van der Waals surface area (Å²) in [5.41, 5.74) is 7.77. The number of nitrogen functional groups attached to an aromatic ring is 1. The molecular formula is C13H19NO3. The molecule has 1 atom stereocenters. The molecule has 4 heteroatoms. The number of hydrogen-bond donors (Lipinski definition) is 1. The molecule has 1 unspecified atom stereocenters. The van der Waals surface area contributed by atoms with Crippen LogP contribution in [0.2, 0.25) is 0 Å². The van der Waals surface area contributed by atoms with Crippen molar-refractivity contribution in [2.45, 2.75) is 26.4 Å². The van der Waals surface area contributed by atoms with E-state index >= 15 is 0 Å². The normalized spacial score (nSPS) is 12.2. The maximum Gasteiger partial charge on any atom is 0.338 e. The van der Waals surface area contributed by atoms with Crippen molar-refractivity contribution in [3.05, 3.63) is 29.3 Å².